The van der Waals surface area contributed by atoms with Crippen LogP contribution in [0.2, 0.25) is 5.02 Å². The van der Waals surface area contributed by atoms with Crippen LogP contribution in [0.15, 0.2) is 24.3 Å². The standard InChI is InChI=1S/C11H17ClN2/c1-8(10(6-13)7-14)9-2-4-11(12)5-3-9/h2-5,8,10H,6-7,13-14H2,1H3. The molecule has 0 fully saturated rings. The van der Waals surface area contributed by atoms with Crippen molar-refractivity contribution in [2.24, 2.45) is 17.4 Å². The Bertz CT molecular complexity index is 267. The number of hydrogen-bond donors (Lipinski definition) is 2. The highest BCUT2D eigenvalue weighted by atomic mass is 35.5. The number of hydrogen-bond acceptors (Lipinski definition) is 2. The first kappa shape index (κ1) is 11.5. The second-order valence-electron chi connectivity index (χ2n) is 3.57. The fourth-order valence-corrected chi connectivity index (χ4v) is 1.67. The third kappa shape index (κ3) is 2.71. The van der Waals surface area contributed by atoms with Gasteiger partial charge in [-0.3, -0.25) is 0 Å². The molecule has 0 radical (unpaired) electrons. The van der Waals surface area contributed by atoms with Gasteiger partial charge in [0.2, 0.25) is 0 Å². The minimum absolute atomic E-state index is 0.344. The lowest BCUT2D eigenvalue weighted by Crippen LogP contribution is -2.27. The lowest BCUT2D eigenvalue weighted by atomic mass is 9.88. The van der Waals surface area contributed by atoms with Crippen molar-refractivity contribution >= 4 is 11.6 Å². The fourth-order valence-electron chi connectivity index (χ4n) is 1.54. The molecule has 1 rings (SSSR count). The SMILES string of the molecule is CC(c1ccc(Cl)cc1)C(CN)CN. The van der Waals surface area contributed by atoms with E-state index in [1.807, 2.05) is 24.3 Å². The fraction of sp³-hybridized carbons (Fsp3) is 0.455. The summed E-state index contributed by atoms with van der Waals surface area (Å²) < 4.78 is 0. The largest absolute Gasteiger partial charge is 0.330 e. The molecule has 14 heavy (non-hydrogen) atoms. The monoisotopic (exact) mass is 212 g/mol. The highest BCUT2D eigenvalue weighted by Crippen LogP contribution is 2.24. The summed E-state index contributed by atoms with van der Waals surface area (Å²) in [6, 6.07) is 7.87. The van der Waals surface area contributed by atoms with E-state index in [0.29, 0.717) is 24.9 Å². The summed E-state index contributed by atoms with van der Waals surface area (Å²) in [5.41, 5.74) is 12.5. The molecular weight excluding hydrogens is 196 g/mol. The molecule has 0 aliphatic heterocycles. The summed E-state index contributed by atoms with van der Waals surface area (Å²) in [7, 11) is 0. The zero-order valence-electron chi connectivity index (χ0n) is 8.41. The maximum atomic E-state index is 5.81. The zero-order chi connectivity index (χ0) is 10.6. The Hall–Kier alpha value is -0.570. The smallest absolute Gasteiger partial charge is 0.0406 e. The van der Waals surface area contributed by atoms with E-state index in [1.54, 1.807) is 0 Å². The van der Waals surface area contributed by atoms with E-state index >= 15 is 0 Å². The van der Waals surface area contributed by atoms with Gasteiger partial charge >= 0.3 is 0 Å². The highest BCUT2D eigenvalue weighted by molar-refractivity contribution is 6.30. The number of rotatable bonds is 4. The van der Waals surface area contributed by atoms with Crippen molar-refractivity contribution in [2.45, 2.75) is 12.8 Å². The van der Waals surface area contributed by atoms with Crippen molar-refractivity contribution in [1.82, 2.24) is 0 Å². The van der Waals surface area contributed by atoms with Crippen molar-refractivity contribution in [3.05, 3.63) is 34.9 Å². The Morgan fingerprint density at radius 1 is 1.14 bits per heavy atom. The summed E-state index contributed by atoms with van der Waals surface area (Å²) in [6.07, 6.45) is 0. The molecule has 0 aromatic heterocycles. The first-order valence-corrected chi connectivity index (χ1v) is 5.22. The molecule has 0 aliphatic carbocycles. The van der Waals surface area contributed by atoms with Gasteiger partial charge in [0, 0.05) is 5.02 Å². The average molecular weight is 213 g/mol. The quantitative estimate of drug-likeness (QED) is 0.802. The van der Waals surface area contributed by atoms with E-state index in [0.717, 1.165) is 5.02 Å². The molecule has 1 unspecified atom stereocenters. The van der Waals surface area contributed by atoms with Gasteiger partial charge < -0.3 is 11.5 Å². The van der Waals surface area contributed by atoms with E-state index in [2.05, 4.69) is 6.92 Å². The minimum Gasteiger partial charge on any atom is -0.330 e. The van der Waals surface area contributed by atoms with Gasteiger partial charge in [0.15, 0.2) is 0 Å². The van der Waals surface area contributed by atoms with Crippen LogP contribution in [0.4, 0.5) is 0 Å². The van der Waals surface area contributed by atoms with Gasteiger partial charge in [0.25, 0.3) is 0 Å². The first-order chi connectivity index (χ1) is 6.69. The zero-order valence-corrected chi connectivity index (χ0v) is 9.17. The van der Waals surface area contributed by atoms with Crippen LogP contribution in [0.25, 0.3) is 0 Å². The Balaban J connectivity index is 2.77. The summed E-state index contributed by atoms with van der Waals surface area (Å²) in [5, 5.41) is 0.762. The molecular formula is C11H17ClN2. The van der Waals surface area contributed by atoms with Crippen LogP contribution >= 0.6 is 11.6 Å². The summed E-state index contributed by atoms with van der Waals surface area (Å²) in [5.74, 6) is 0.735. The number of benzene rings is 1. The van der Waals surface area contributed by atoms with E-state index in [4.69, 9.17) is 23.1 Å². The van der Waals surface area contributed by atoms with Crippen LogP contribution in [-0.2, 0) is 0 Å². The van der Waals surface area contributed by atoms with Gasteiger partial charge in [0.05, 0.1) is 0 Å². The van der Waals surface area contributed by atoms with E-state index in [-0.39, 0.29) is 0 Å². The van der Waals surface area contributed by atoms with E-state index in [9.17, 15) is 0 Å². The molecule has 2 nitrogen and oxygen atoms in total. The minimum atomic E-state index is 0.344. The van der Waals surface area contributed by atoms with Crippen molar-refractivity contribution in [2.75, 3.05) is 13.1 Å². The van der Waals surface area contributed by atoms with Gasteiger partial charge in [-0.2, -0.15) is 0 Å². The molecule has 0 heterocycles. The van der Waals surface area contributed by atoms with Gasteiger partial charge in [0.1, 0.15) is 0 Å². The Kier molecular flexibility index (Phi) is 4.39. The summed E-state index contributed by atoms with van der Waals surface area (Å²) in [4.78, 5) is 0. The predicted molar refractivity (Wildman–Crippen MR) is 61.5 cm³/mol. The Labute approximate surface area is 90.2 Å². The van der Waals surface area contributed by atoms with Crippen LogP contribution in [-0.4, -0.2) is 13.1 Å². The van der Waals surface area contributed by atoms with Crippen molar-refractivity contribution in [1.29, 1.82) is 0 Å². The van der Waals surface area contributed by atoms with Crippen molar-refractivity contribution in [3.8, 4) is 0 Å². The van der Waals surface area contributed by atoms with Gasteiger partial charge in [-0.05, 0) is 42.6 Å². The molecule has 4 N–H and O–H groups in total. The molecule has 1 aromatic carbocycles. The molecule has 78 valence electrons. The Morgan fingerprint density at radius 2 is 1.64 bits per heavy atom. The predicted octanol–water partition coefficient (Wildman–Crippen LogP) is 1.98. The third-order valence-corrected chi connectivity index (χ3v) is 2.96. The van der Waals surface area contributed by atoms with Crippen molar-refractivity contribution in [3.63, 3.8) is 0 Å². The van der Waals surface area contributed by atoms with Gasteiger partial charge in [-0.15, -0.1) is 0 Å². The molecule has 0 saturated carbocycles. The van der Waals surface area contributed by atoms with E-state index in [1.165, 1.54) is 5.56 Å². The molecule has 0 bridgehead atoms. The topological polar surface area (TPSA) is 52.0 Å². The Morgan fingerprint density at radius 3 is 2.07 bits per heavy atom. The van der Waals surface area contributed by atoms with Crippen LogP contribution in [0, 0.1) is 5.92 Å². The lowest BCUT2D eigenvalue weighted by Gasteiger charge is -2.21. The molecule has 3 heteroatoms. The van der Waals surface area contributed by atoms with Crippen molar-refractivity contribution < 1.29 is 0 Å². The third-order valence-electron chi connectivity index (χ3n) is 2.71. The second-order valence-corrected chi connectivity index (χ2v) is 4.01. The number of halogens is 1. The highest BCUT2D eigenvalue weighted by Gasteiger charge is 2.15. The summed E-state index contributed by atoms with van der Waals surface area (Å²) >= 11 is 5.81. The van der Waals surface area contributed by atoms with Gasteiger partial charge in [-0.1, -0.05) is 30.7 Å². The van der Waals surface area contributed by atoms with Crippen LogP contribution in [0.1, 0.15) is 18.4 Å². The van der Waals surface area contributed by atoms with Gasteiger partial charge in [-0.25, -0.2) is 0 Å². The molecule has 0 amide bonds. The van der Waals surface area contributed by atoms with Crippen LogP contribution in [0.5, 0.6) is 0 Å². The average Bonchev–Trinajstić information content (AvgIpc) is 2.20. The maximum Gasteiger partial charge on any atom is 0.0406 e. The first-order valence-electron chi connectivity index (χ1n) is 4.84. The normalized spacial score (nSPS) is 13.2. The lowest BCUT2D eigenvalue weighted by molar-refractivity contribution is 0.466. The van der Waals surface area contributed by atoms with E-state index < -0.39 is 0 Å². The maximum absolute atomic E-state index is 5.81. The second kappa shape index (κ2) is 5.35. The molecule has 0 saturated heterocycles. The summed E-state index contributed by atoms with van der Waals surface area (Å²) in [6.45, 7) is 3.40. The van der Waals surface area contributed by atoms with Crippen LogP contribution < -0.4 is 11.5 Å². The number of nitrogens with two attached hydrogens (primary N) is 2. The molecule has 0 spiro atoms. The molecule has 1 aromatic rings. The van der Waals surface area contributed by atoms with Crippen LogP contribution in [0.3, 0.4) is 0 Å². The molecule has 1 atom stereocenters. The molecule has 0 aliphatic rings.